The van der Waals surface area contributed by atoms with Crippen molar-refractivity contribution in [1.82, 2.24) is 5.32 Å². The number of anilines is 2. The topological polar surface area (TPSA) is 61.5 Å². The van der Waals surface area contributed by atoms with Crippen LogP contribution in [0.15, 0.2) is 18.2 Å². The van der Waals surface area contributed by atoms with Crippen molar-refractivity contribution in [2.45, 2.75) is 19.6 Å². The van der Waals surface area contributed by atoms with Crippen LogP contribution < -0.4 is 16.0 Å². The third-order valence-electron chi connectivity index (χ3n) is 3.08. The Bertz CT molecular complexity index is 367. The SMILES string of the molecule is CC1CNCCN1c1ccc(N)cc1CO. The molecule has 1 saturated heterocycles. The molecule has 1 aromatic rings. The molecule has 1 heterocycles. The first-order chi connectivity index (χ1) is 7.72. The van der Waals surface area contributed by atoms with Gasteiger partial charge in [0.2, 0.25) is 0 Å². The van der Waals surface area contributed by atoms with Crippen molar-refractivity contribution in [2.75, 3.05) is 30.3 Å². The molecule has 4 nitrogen and oxygen atoms in total. The quantitative estimate of drug-likeness (QED) is 0.639. The lowest BCUT2D eigenvalue weighted by atomic mass is 10.1. The van der Waals surface area contributed by atoms with Gasteiger partial charge in [-0.05, 0) is 25.1 Å². The Morgan fingerprint density at radius 2 is 2.38 bits per heavy atom. The Morgan fingerprint density at radius 3 is 3.06 bits per heavy atom. The molecule has 0 aromatic heterocycles. The summed E-state index contributed by atoms with van der Waals surface area (Å²) in [5, 5.41) is 12.7. The average molecular weight is 221 g/mol. The first-order valence-corrected chi connectivity index (χ1v) is 5.69. The summed E-state index contributed by atoms with van der Waals surface area (Å²) in [6.07, 6.45) is 0. The molecule has 4 N–H and O–H groups in total. The standard InChI is InChI=1S/C12H19N3O/c1-9-7-14-4-5-15(9)12-3-2-11(13)6-10(12)8-16/h2-3,6,9,14,16H,4-5,7-8,13H2,1H3. The monoisotopic (exact) mass is 221 g/mol. The zero-order valence-corrected chi connectivity index (χ0v) is 9.61. The molecule has 88 valence electrons. The number of nitrogens with zero attached hydrogens (tertiary/aromatic N) is 1. The van der Waals surface area contributed by atoms with E-state index >= 15 is 0 Å². The van der Waals surface area contributed by atoms with Crippen molar-refractivity contribution in [1.29, 1.82) is 0 Å². The Morgan fingerprint density at radius 1 is 1.56 bits per heavy atom. The third-order valence-corrected chi connectivity index (χ3v) is 3.08. The second kappa shape index (κ2) is 4.72. The van der Waals surface area contributed by atoms with Crippen molar-refractivity contribution in [2.24, 2.45) is 0 Å². The molecule has 0 radical (unpaired) electrons. The van der Waals surface area contributed by atoms with Gasteiger partial charge in [0.1, 0.15) is 0 Å². The number of rotatable bonds is 2. The smallest absolute Gasteiger partial charge is 0.0702 e. The van der Waals surface area contributed by atoms with Crippen molar-refractivity contribution in [3.8, 4) is 0 Å². The Labute approximate surface area is 96.1 Å². The minimum atomic E-state index is 0.0387. The van der Waals surface area contributed by atoms with Gasteiger partial charge in [-0.15, -0.1) is 0 Å². The molecule has 1 aliphatic heterocycles. The average Bonchev–Trinajstić information content (AvgIpc) is 2.30. The Hall–Kier alpha value is -1.26. The summed E-state index contributed by atoms with van der Waals surface area (Å²) >= 11 is 0. The molecule has 0 amide bonds. The van der Waals surface area contributed by atoms with Gasteiger partial charge in [0.15, 0.2) is 0 Å². The van der Waals surface area contributed by atoms with Crippen LogP contribution in [0.2, 0.25) is 0 Å². The molecule has 0 saturated carbocycles. The second-order valence-electron chi connectivity index (χ2n) is 4.29. The number of nitrogens with one attached hydrogen (secondary N) is 1. The summed E-state index contributed by atoms with van der Waals surface area (Å²) in [6.45, 7) is 5.16. The normalized spacial score (nSPS) is 21.1. The van der Waals surface area contributed by atoms with Crippen LogP contribution in [-0.2, 0) is 6.61 Å². The van der Waals surface area contributed by atoms with Crippen LogP contribution in [-0.4, -0.2) is 30.8 Å². The number of piperazine rings is 1. The van der Waals surface area contributed by atoms with Crippen LogP contribution in [0.4, 0.5) is 11.4 Å². The van der Waals surface area contributed by atoms with Gasteiger partial charge in [0, 0.05) is 42.6 Å². The Kier molecular flexibility index (Phi) is 3.31. The molecule has 0 spiro atoms. The summed E-state index contributed by atoms with van der Waals surface area (Å²) in [5.74, 6) is 0. The zero-order valence-electron chi connectivity index (χ0n) is 9.61. The molecule has 4 heteroatoms. The van der Waals surface area contributed by atoms with Crippen LogP contribution in [0.25, 0.3) is 0 Å². The first kappa shape index (κ1) is 11.2. The van der Waals surface area contributed by atoms with Gasteiger partial charge >= 0.3 is 0 Å². The number of nitrogens with two attached hydrogens (primary N) is 1. The van der Waals surface area contributed by atoms with Gasteiger partial charge in [0.25, 0.3) is 0 Å². The fourth-order valence-corrected chi connectivity index (χ4v) is 2.21. The van der Waals surface area contributed by atoms with Gasteiger partial charge in [-0.3, -0.25) is 0 Å². The van der Waals surface area contributed by atoms with Crippen LogP contribution in [0, 0.1) is 0 Å². The molecule has 1 unspecified atom stereocenters. The lowest BCUT2D eigenvalue weighted by molar-refractivity contribution is 0.281. The van der Waals surface area contributed by atoms with Crippen molar-refractivity contribution in [3.05, 3.63) is 23.8 Å². The highest BCUT2D eigenvalue weighted by molar-refractivity contribution is 5.60. The second-order valence-corrected chi connectivity index (χ2v) is 4.29. The van der Waals surface area contributed by atoms with E-state index < -0.39 is 0 Å². The van der Waals surface area contributed by atoms with E-state index in [4.69, 9.17) is 5.73 Å². The summed E-state index contributed by atoms with van der Waals surface area (Å²) in [6, 6.07) is 6.19. The molecule has 2 rings (SSSR count). The number of aliphatic hydroxyl groups excluding tert-OH is 1. The highest BCUT2D eigenvalue weighted by Crippen LogP contribution is 2.25. The fraction of sp³-hybridized carbons (Fsp3) is 0.500. The number of hydrogen-bond acceptors (Lipinski definition) is 4. The highest BCUT2D eigenvalue weighted by atomic mass is 16.3. The van der Waals surface area contributed by atoms with E-state index in [1.807, 2.05) is 18.2 Å². The maximum absolute atomic E-state index is 9.36. The van der Waals surface area contributed by atoms with Crippen LogP contribution in [0.3, 0.4) is 0 Å². The molecule has 1 aliphatic rings. The highest BCUT2D eigenvalue weighted by Gasteiger charge is 2.20. The number of benzene rings is 1. The van der Waals surface area contributed by atoms with Gasteiger partial charge in [-0.2, -0.15) is 0 Å². The summed E-state index contributed by atoms with van der Waals surface area (Å²) in [5.41, 5.74) is 8.44. The molecule has 1 aromatic carbocycles. The van der Waals surface area contributed by atoms with Crippen molar-refractivity contribution < 1.29 is 5.11 Å². The van der Waals surface area contributed by atoms with E-state index in [0.717, 1.165) is 30.9 Å². The predicted molar refractivity (Wildman–Crippen MR) is 66.5 cm³/mol. The molecular weight excluding hydrogens is 202 g/mol. The van der Waals surface area contributed by atoms with E-state index in [9.17, 15) is 5.11 Å². The molecular formula is C12H19N3O. The number of aliphatic hydroxyl groups is 1. The predicted octanol–water partition coefficient (Wildman–Crippen LogP) is 0.559. The van der Waals surface area contributed by atoms with Crippen LogP contribution in [0.1, 0.15) is 12.5 Å². The van der Waals surface area contributed by atoms with Gasteiger partial charge in [-0.1, -0.05) is 0 Å². The fourth-order valence-electron chi connectivity index (χ4n) is 2.21. The maximum atomic E-state index is 9.36. The lowest BCUT2D eigenvalue weighted by Crippen LogP contribution is -2.50. The van der Waals surface area contributed by atoms with Gasteiger partial charge < -0.3 is 21.1 Å². The lowest BCUT2D eigenvalue weighted by Gasteiger charge is -2.37. The summed E-state index contributed by atoms with van der Waals surface area (Å²) in [7, 11) is 0. The molecule has 0 bridgehead atoms. The van der Waals surface area contributed by atoms with E-state index in [-0.39, 0.29) is 6.61 Å². The zero-order chi connectivity index (χ0) is 11.5. The number of nitrogen functional groups attached to an aromatic ring is 1. The van der Waals surface area contributed by atoms with Crippen LogP contribution in [0.5, 0.6) is 0 Å². The van der Waals surface area contributed by atoms with E-state index in [1.165, 1.54) is 0 Å². The summed E-state index contributed by atoms with van der Waals surface area (Å²) in [4.78, 5) is 2.32. The van der Waals surface area contributed by atoms with E-state index in [1.54, 1.807) is 0 Å². The van der Waals surface area contributed by atoms with Crippen molar-refractivity contribution in [3.63, 3.8) is 0 Å². The molecule has 1 fully saturated rings. The Balaban J connectivity index is 2.30. The van der Waals surface area contributed by atoms with Crippen LogP contribution >= 0.6 is 0 Å². The number of hydrogen-bond donors (Lipinski definition) is 3. The summed E-state index contributed by atoms with van der Waals surface area (Å²) < 4.78 is 0. The molecule has 0 aliphatic carbocycles. The molecule has 1 atom stereocenters. The van der Waals surface area contributed by atoms with Gasteiger partial charge in [0.05, 0.1) is 6.61 Å². The largest absolute Gasteiger partial charge is 0.399 e. The maximum Gasteiger partial charge on any atom is 0.0702 e. The minimum Gasteiger partial charge on any atom is -0.399 e. The molecule has 16 heavy (non-hydrogen) atoms. The van der Waals surface area contributed by atoms with Gasteiger partial charge in [-0.25, -0.2) is 0 Å². The first-order valence-electron chi connectivity index (χ1n) is 5.69. The minimum absolute atomic E-state index is 0.0387. The van der Waals surface area contributed by atoms with Crippen molar-refractivity contribution >= 4 is 11.4 Å². The third kappa shape index (κ3) is 2.13. The van der Waals surface area contributed by atoms with E-state index in [0.29, 0.717) is 11.7 Å². The van der Waals surface area contributed by atoms with E-state index in [2.05, 4.69) is 17.1 Å².